The third kappa shape index (κ3) is 8.34. The molecule has 0 atom stereocenters. The lowest BCUT2D eigenvalue weighted by Gasteiger charge is -2.01. The molecule has 5 heteroatoms. The normalized spacial score (nSPS) is 12.4. The second kappa shape index (κ2) is 4.27. The molecule has 0 aromatic rings. The summed E-state index contributed by atoms with van der Waals surface area (Å²) in [5, 5.41) is 0. The third-order valence-electron chi connectivity index (χ3n) is 1.01. The third-order valence-corrected chi connectivity index (χ3v) is 3.02. The van der Waals surface area contributed by atoms with Crippen LogP contribution in [-0.2, 0) is 10.1 Å². The molecule has 0 aliphatic rings. The fourth-order valence-electron chi connectivity index (χ4n) is 0.563. The molecule has 0 aromatic heterocycles. The van der Waals surface area contributed by atoms with Gasteiger partial charge in [0.15, 0.2) is 0 Å². The summed E-state index contributed by atoms with van der Waals surface area (Å²) in [6.07, 6.45) is 1.49. The summed E-state index contributed by atoms with van der Waals surface area (Å²) in [5.74, 6) is -0.0898. The molecule has 0 spiro atoms. The zero-order valence-corrected chi connectivity index (χ0v) is 7.95. The van der Waals surface area contributed by atoms with Crippen molar-refractivity contribution in [2.75, 3.05) is 25.2 Å². The standard InChI is InChI=1S/C5H13O3PS/c1-9(2)4-3-5-10(6,7)8/h3-5H2,1-2H3,(H,6,7,8). The van der Waals surface area contributed by atoms with Gasteiger partial charge in [0, 0.05) is 0 Å². The average molecular weight is 184 g/mol. The van der Waals surface area contributed by atoms with Gasteiger partial charge in [0.2, 0.25) is 0 Å². The first-order chi connectivity index (χ1) is 4.42. The van der Waals surface area contributed by atoms with Crippen LogP contribution in [0.1, 0.15) is 6.42 Å². The van der Waals surface area contributed by atoms with Crippen LogP contribution in [0.25, 0.3) is 0 Å². The molecule has 0 radical (unpaired) electrons. The molecule has 0 saturated carbocycles. The fraction of sp³-hybridized carbons (Fsp3) is 1.00. The van der Waals surface area contributed by atoms with Crippen molar-refractivity contribution in [1.82, 2.24) is 0 Å². The Hall–Kier alpha value is 0.340. The van der Waals surface area contributed by atoms with E-state index in [-0.39, 0.29) is 13.7 Å². The lowest BCUT2D eigenvalue weighted by molar-refractivity contribution is 0.482. The highest BCUT2D eigenvalue weighted by molar-refractivity contribution is 7.85. The van der Waals surface area contributed by atoms with Crippen molar-refractivity contribution >= 4 is 18.0 Å². The predicted molar refractivity (Wildman–Crippen MR) is 44.7 cm³/mol. The number of hydrogen-bond donors (Lipinski definition) is 1. The van der Waals surface area contributed by atoms with Crippen LogP contribution in [0.4, 0.5) is 0 Å². The maximum absolute atomic E-state index is 10.2. The van der Waals surface area contributed by atoms with Gasteiger partial charge in [-0.1, -0.05) is 0 Å². The SMILES string of the molecule is CP(C)CCCS(=O)(=O)O. The molecule has 0 aromatic carbocycles. The van der Waals surface area contributed by atoms with Crippen molar-refractivity contribution in [3.63, 3.8) is 0 Å². The molecule has 10 heavy (non-hydrogen) atoms. The minimum absolute atomic E-state index is 0.0291. The predicted octanol–water partition coefficient (Wildman–Crippen LogP) is 1.01. The van der Waals surface area contributed by atoms with Crippen molar-refractivity contribution in [2.24, 2.45) is 0 Å². The Kier molecular flexibility index (Phi) is 4.41. The molecule has 1 N–H and O–H groups in total. The van der Waals surface area contributed by atoms with Gasteiger partial charge in [-0.15, -0.1) is 7.92 Å². The largest absolute Gasteiger partial charge is 0.286 e. The van der Waals surface area contributed by atoms with Crippen molar-refractivity contribution in [1.29, 1.82) is 0 Å². The van der Waals surface area contributed by atoms with Gasteiger partial charge < -0.3 is 0 Å². The topological polar surface area (TPSA) is 54.4 Å². The van der Waals surface area contributed by atoms with Gasteiger partial charge in [-0.2, -0.15) is 8.42 Å². The van der Waals surface area contributed by atoms with Gasteiger partial charge in [0.05, 0.1) is 5.75 Å². The van der Waals surface area contributed by atoms with E-state index < -0.39 is 10.1 Å². The number of rotatable bonds is 4. The van der Waals surface area contributed by atoms with E-state index in [1.807, 2.05) is 0 Å². The van der Waals surface area contributed by atoms with E-state index >= 15 is 0 Å². The molecule has 62 valence electrons. The highest BCUT2D eigenvalue weighted by Gasteiger charge is 2.03. The first-order valence-corrected chi connectivity index (χ1v) is 7.05. The summed E-state index contributed by atoms with van der Waals surface area (Å²) in [6, 6.07) is 0. The van der Waals surface area contributed by atoms with Crippen molar-refractivity contribution in [2.45, 2.75) is 6.42 Å². The summed E-state index contributed by atoms with van der Waals surface area (Å²) in [6.45, 7) is 4.17. The molecule has 0 saturated heterocycles. The Morgan fingerprint density at radius 2 is 1.90 bits per heavy atom. The van der Waals surface area contributed by atoms with Crippen LogP contribution in [0.5, 0.6) is 0 Å². The maximum Gasteiger partial charge on any atom is 0.264 e. The zero-order valence-electron chi connectivity index (χ0n) is 6.24. The summed E-state index contributed by atoms with van der Waals surface area (Å²) < 4.78 is 28.7. The van der Waals surface area contributed by atoms with Crippen LogP contribution in [0.15, 0.2) is 0 Å². The Balaban J connectivity index is 3.39. The van der Waals surface area contributed by atoms with E-state index in [1.54, 1.807) is 0 Å². The summed E-state index contributed by atoms with van der Waals surface area (Å²) in [4.78, 5) is 0. The zero-order chi connectivity index (χ0) is 8.20. The molecule has 0 bridgehead atoms. The minimum Gasteiger partial charge on any atom is -0.286 e. The van der Waals surface area contributed by atoms with E-state index in [4.69, 9.17) is 4.55 Å². The molecular formula is C5H13O3PS. The van der Waals surface area contributed by atoms with Crippen LogP contribution in [0.2, 0.25) is 0 Å². The first-order valence-electron chi connectivity index (χ1n) is 3.02. The lowest BCUT2D eigenvalue weighted by atomic mass is 10.6. The smallest absolute Gasteiger partial charge is 0.264 e. The van der Waals surface area contributed by atoms with Gasteiger partial charge in [0.25, 0.3) is 10.1 Å². The van der Waals surface area contributed by atoms with E-state index in [2.05, 4.69) is 13.3 Å². The number of hydrogen-bond acceptors (Lipinski definition) is 2. The summed E-state index contributed by atoms with van der Waals surface area (Å²) in [7, 11) is -3.74. The van der Waals surface area contributed by atoms with Gasteiger partial charge in [-0.05, 0) is 25.9 Å². The average Bonchev–Trinajstić information content (AvgIpc) is 1.59. The Bertz CT molecular complexity index is 173. The molecule has 3 nitrogen and oxygen atoms in total. The van der Waals surface area contributed by atoms with Crippen LogP contribution < -0.4 is 0 Å². The van der Waals surface area contributed by atoms with Gasteiger partial charge in [0.1, 0.15) is 0 Å². The molecule has 0 amide bonds. The van der Waals surface area contributed by atoms with Crippen LogP contribution in [0, 0.1) is 0 Å². The van der Waals surface area contributed by atoms with Crippen molar-refractivity contribution in [3.8, 4) is 0 Å². The second-order valence-electron chi connectivity index (χ2n) is 2.44. The van der Waals surface area contributed by atoms with Crippen molar-refractivity contribution in [3.05, 3.63) is 0 Å². The van der Waals surface area contributed by atoms with Crippen LogP contribution >= 0.6 is 7.92 Å². The van der Waals surface area contributed by atoms with E-state index in [1.165, 1.54) is 0 Å². The highest BCUT2D eigenvalue weighted by atomic mass is 32.2. The van der Waals surface area contributed by atoms with E-state index in [0.717, 1.165) is 6.16 Å². The molecular weight excluding hydrogens is 171 g/mol. The van der Waals surface area contributed by atoms with E-state index in [9.17, 15) is 8.42 Å². The maximum atomic E-state index is 10.2. The summed E-state index contributed by atoms with van der Waals surface area (Å²) >= 11 is 0. The molecule has 0 rings (SSSR count). The summed E-state index contributed by atoms with van der Waals surface area (Å²) in [5.41, 5.74) is 0. The van der Waals surface area contributed by atoms with Crippen LogP contribution in [-0.4, -0.2) is 38.2 Å². The molecule has 0 unspecified atom stereocenters. The second-order valence-corrected chi connectivity index (χ2v) is 6.62. The van der Waals surface area contributed by atoms with Gasteiger partial charge in [-0.3, -0.25) is 4.55 Å². The Labute approximate surface area is 63.3 Å². The lowest BCUT2D eigenvalue weighted by Crippen LogP contribution is -2.04. The molecule has 0 aliphatic heterocycles. The van der Waals surface area contributed by atoms with Gasteiger partial charge >= 0.3 is 0 Å². The van der Waals surface area contributed by atoms with Crippen LogP contribution in [0.3, 0.4) is 0 Å². The minimum atomic E-state index is -3.71. The van der Waals surface area contributed by atoms with Crippen molar-refractivity contribution < 1.29 is 13.0 Å². The highest BCUT2D eigenvalue weighted by Crippen LogP contribution is 2.24. The van der Waals surface area contributed by atoms with Gasteiger partial charge in [-0.25, -0.2) is 0 Å². The van der Waals surface area contributed by atoms with E-state index in [0.29, 0.717) is 6.42 Å². The fourth-order valence-corrected chi connectivity index (χ4v) is 2.08. The molecule has 0 fully saturated rings. The monoisotopic (exact) mass is 184 g/mol. The first kappa shape index (κ1) is 10.3. The Morgan fingerprint density at radius 1 is 1.40 bits per heavy atom. The molecule has 0 aliphatic carbocycles. The molecule has 0 heterocycles. The quantitative estimate of drug-likeness (QED) is 0.524. The Morgan fingerprint density at radius 3 is 2.20 bits per heavy atom.